The quantitative estimate of drug-likeness (QED) is 0.556. The highest BCUT2D eigenvalue weighted by Gasteiger charge is 2.38. The third-order valence-corrected chi connectivity index (χ3v) is 3.16. The fourth-order valence-electron chi connectivity index (χ4n) is 1.60. The largest absolute Gasteiger partial charge is 0.408 e. The monoisotopic (exact) mass is 418 g/mol. The lowest BCUT2D eigenvalue weighted by Gasteiger charge is -2.20. The molecule has 13 heteroatoms. The summed E-state index contributed by atoms with van der Waals surface area (Å²) in [7, 11) is 0. The van der Waals surface area contributed by atoms with Gasteiger partial charge in [0.05, 0.1) is 1.37 Å². The molecule has 0 bridgehead atoms. The van der Waals surface area contributed by atoms with Crippen LogP contribution in [0.2, 0.25) is 5.15 Å². The van der Waals surface area contributed by atoms with E-state index in [2.05, 4.69) is 19.9 Å². The average Bonchev–Trinajstić information content (AvgIpc) is 2.59. The molecule has 0 aliphatic rings. The fraction of sp³-hybridized carbons (Fsp3) is 0.429. The van der Waals surface area contributed by atoms with Crippen molar-refractivity contribution in [2.24, 2.45) is 0 Å². The van der Waals surface area contributed by atoms with Crippen molar-refractivity contribution in [3.05, 3.63) is 23.3 Å². The Morgan fingerprint density at radius 1 is 1.00 bits per heavy atom. The normalized spacial score (nSPS) is 17.2. The van der Waals surface area contributed by atoms with Gasteiger partial charge in [0.1, 0.15) is 22.9 Å². The smallest absolute Gasteiger partial charge is 0.343 e. The lowest BCUT2D eigenvalue weighted by Crippen LogP contribution is -2.35. The third-order valence-electron chi connectivity index (χ3n) is 2.96. The molecule has 2 aromatic heterocycles. The Morgan fingerprint density at radius 3 is 2.04 bits per heavy atom. The average molecular weight is 419 g/mol. The number of hydrogen-bond acceptors (Lipinski definition) is 6. The van der Waals surface area contributed by atoms with Gasteiger partial charge in [0.15, 0.2) is 5.82 Å². The highest BCUT2D eigenvalue weighted by molar-refractivity contribution is 6.29. The molecule has 2 atom stereocenters. The first-order chi connectivity index (χ1) is 14.0. The minimum Gasteiger partial charge on any atom is -0.343 e. The van der Waals surface area contributed by atoms with E-state index in [-0.39, 0.29) is 16.9 Å². The molecule has 2 N–H and O–H groups in total. The van der Waals surface area contributed by atoms with Crippen LogP contribution < -0.4 is 10.6 Å². The molecule has 0 aliphatic heterocycles. The van der Waals surface area contributed by atoms with Crippen molar-refractivity contribution in [2.75, 3.05) is 10.6 Å². The maximum Gasteiger partial charge on any atom is 0.408 e. The van der Waals surface area contributed by atoms with Crippen molar-refractivity contribution < 1.29 is 31.8 Å². The SMILES string of the molecule is [2H]c1ccc(-c2nc(NC(C)C(F)(F)F)nc(NC(C([2H])([2H])[2H])C(F)(F)F)n2)nc1Cl. The van der Waals surface area contributed by atoms with Gasteiger partial charge in [0.2, 0.25) is 11.9 Å². The van der Waals surface area contributed by atoms with E-state index in [0.717, 1.165) is 12.1 Å². The Bertz CT molecular complexity index is 925. The minimum absolute atomic E-state index is 0.202. The Hall–Kier alpha value is -2.37. The molecular formula is C14H13ClF6N6. The summed E-state index contributed by atoms with van der Waals surface area (Å²) in [5.41, 5.74) is -0.202. The summed E-state index contributed by atoms with van der Waals surface area (Å²) in [4.78, 5) is 14.5. The van der Waals surface area contributed by atoms with Crippen molar-refractivity contribution in [2.45, 2.75) is 38.2 Å². The fourth-order valence-corrected chi connectivity index (χ4v) is 1.75. The van der Waals surface area contributed by atoms with Gasteiger partial charge in [-0.3, -0.25) is 0 Å². The first-order valence-corrected chi connectivity index (χ1v) is 7.42. The number of pyridine rings is 1. The highest BCUT2D eigenvalue weighted by Crippen LogP contribution is 2.26. The summed E-state index contributed by atoms with van der Waals surface area (Å²) in [6, 6.07) is -3.23. The molecule has 0 aliphatic carbocycles. The standard InChI is InChI=1S/C14H13ClF6N6/c1-6(13(16,17)18)22-11-25-10(8-4-3-5-9(15)24-8)26-12(27-11)23-7(2)14(19,20)21/h3-7H,1-2H3,(H2,22,23,25,26,27)/i1D3,5D. The zero-order valence-electron chi connectivity index (χ0n) is 17.2. The molecule has 2 aromatic rings. The number of anilines is 2. The summed E-state index contributed by atoms with van der Waals surface area (Å²) in [5, 5.41) is 3.11. The van der Waals surface area contributed by atoms with Gasteiger partial charge in [-0.1, -0.05) is 17.7 Å². The molecule has 0 saturated heterocycles. The number of rotatable bonds is 5. The van der Waals surface area contributed by atoms with E-state index in [0.29, 0.717) is 6.92 Å². The molecule has 27 heavy (non-hydrogen) atoms. The number of aromatic nitrogens is 4. The number of nitrogens with zero attached hydrogens (tertiary/aromatic N) is 4. The molecule has 0 radical (unpaired) electrons. The lowest BCUT2D eigenvalue weighted by atomic mass is 10.3. The predicted octanol–water partition coefficient (Wildman–Crippen LogP) is 4.31. The second-order valence-electron chi connectivity index (χ2n) is 5.10. The Morgan fingerprint density at radius 2 is 1.56 bits per heavy atom. The van der Waals surface area contributed by atoms with Crippen molar-refractivity contribution in [1.29, 1.82) is 0 Å². The van der Waals surface area contributed by atoms with Crippen LogP contribution in [0.3, 0.4) is 0 Å². The van der Waals surface area contributed by atoms with Crippen LogP contribution in [0.5, 0.6) is 0 Å². The van der Waals surface area contributed by atoms with E-state index in [4.69, 9.17) is 17.1 Å². The summed E-state index contributed by atoms with van der Waals surface area (Å²) in [5.74, 6) is -2.27. The van der Waals surface area contributed by atoms with Gasteiger partial charge in [0.25, 0.3) is 0 Å². The Kier molecular flexibility index (Phi) is 4.47. The first-order valence-electron chi connectivity index (χ1n) is 9.04. The van der Waals surface area contributed by atoms with E-state index in [1.165, 1.54) is 0 Å². The molecule has 0 aromatic carbocycles. The molecular weight excluding hydrogens is 402 g/mol. The van der Waals surface area contributed by atoms with Crippen molar-refractivity contribution in [3.63, 3.8) is 0 Å². The molecule has 2 unspecified atom stereocenters. The van der Waals surface area contributed by atoms with E-state index >= 15 is 0 Å². The van der Waals surface area contributed by atoms with Crippen LogP contribution in [0.25, 0.3) is 11.5 Å². The zero-order chi connectivity index (χ0) is 23.8. The van der Waals surface area contributed by atoms with Crippen LogP contribution in [0, 0.1) is 0 Å². The van der Waals surface area contributed by atoms with Gasteiger partial charge in [-0.15, -0.1) is 0 Å². The van der Waals surface area contributed by atoms with E-state index in [1.54, 1.807) is 5.32 Å². The van der Waals surface area contributed by atoms with Crippen molar-refractivity contribution >= 4 is 23.5 Å². The molecule has 0 fully saturated rings. The van der Waals surface area contributed by atoms with Crippen molar-refractivity contribution in [3.8, 4) is 11.5 Å². The van der Waals surface area contributed by atoms with E-state index < -0.39 is 49.0 Å². The van der Waals surface area contributed by atoms with Crippen LogP contribution >= 0.6 is 11.6 Å². The van der Waals surface area contributed by atoms with Gasteiger partial charge in [-0.05, 0) is 25.9 Å². The highest BCUT2D eigenvalue weighted by atomic mass is 35.5. The predicted molar refractivity (Wildman–Crippen MR) is 86.3 cm³/mol. The molecule has 6 nitrogen and oxygen atoms in total. The Balaban J connectivity index is 2.56. The number of nitrogens with one attached hydrogen (secondary N) is 2. The summed E-state index contributed by atoms with van der Waals surface area (Å²) < 4.78 is 107. The summed E-state index contributed by atoms with van der Waals surface area (Å²) >= 11 is 5.72. The topological polar surface area (TPSA) is 75.6 Å². The summed E-state index contributed by atoms with van der Waals surface area (Å²) in [6.07, 6.45) is -10.0. The molecule has 0 saturated carbocycles. The molecule has 2 rings (SSSR count). The van der Waals surface area contributed by atoms with Crippen LogP contribution in [0.4, 0.5) is 38.2 Å². The summed E-state index contributed by atoms with van der Waals surface area (Å²) in [6.45, 7) is -2.87. The van der Waals surface area contributed by atoms with Crippen LogP contribution in [-0.4, -0.2) is 44.4 Å². The van der Waals surface area contributed by atoms with Crippen LogP contribution in [0.1, 0.15) is 19.3 Å². The number of halogens is 7. The van der Waals surface area contributed by atoms with E-state index in [9.17, 15) is 26.3 Å². The van der Waals surface area contributed by atoms with Gasteiger partial charge in [0, 0.05) is 4.11 Å². The van der Waals surface area contributed by atoms with Gasteiger partial charge >= 0.3 is 12.4 Å². The Labute approximate surface area is 160 Å². The number of hydrogen-bond donors (Lipinski definition) is 2. The zero-order valence-corrected chi connectivity index (χ0v) is 14.0. The first kappa shape index (κ1) is 15.7. The van der Waals surface area contributed by atoms with Crippen LogP contribution in [0.15, 0.2) is 18.2 Å². The van der Waals surface area contributed by atoms with E-state index in [1.807, 2.05) is 5.32 Å². The second-order valence-corrected chi connectivity index (χ2v) is 5.46. The lowest BCUT2D eigenvalue weighted by molar-refractivity contribution is -0.139. The number of alkyl halides is 6. The maximum atomic E-state index is 13.2. The second kappa shape index (κ2) is 7.71. The van der Waals surface area contributed by atoms with Gasteiger partial charge < -0.3 is 10.6 Å². The van der Waals surface area contributed by atoms with Gasteiger partial charge in [-0.2, -0.15) is 41.3 Å². The minimum atomic E-state index is -5.26. The van der Waals surface area contributed by atoms with Crippen molar-refractivity contribution in [1.82, 2.24) is 19.9 Å². The third kappa shape index (κ3) is 5.81. The maximum absolute atomic E-state index is 13.2. The van der Waals surface area contributed by atoms with Gasteiger partial charge in [-0.25, -0.2) is 4.98 Å². The van der Waals surface area contributed by atoms with Crippen LogP contribution in [-0.2, 0) is 0 Å². The molecule has 148 valence electrons. The molecule has 0 spiro atoms. The molecule has 2 heterocycles. The molecule has 0 amide bonds.